The summed E-state index contributed by atoms with van der Waals surface area (Å²) >= 11 is 0. The van der Waals surface area contributed by atoms with Crippen LogP contribution in [0.15, 0.2) is 35.5 Å². The van der Waals surface area contributed by atoms with E-state index in [1.54, 1.807) is 6.33 Å². The number of para-hydroxylation sites is 1. The Morgan fingerprint density at radius 3 is 2.69 bits per heavy atom. The van der Waals surface area contributed by atoms with E-state index in [1.165, 1.54) is 28.6 Å². The van der Waals surface area contributed by atoms with Gasteiger partial charge in [0.2, 0.25) is 0 Å². The van der Waals surface area contributed by atoms with E-state index in [9.17, 15) is 18.5 Å². The Morgan fingerprint density at radius 1 is 1.23 bits per heavy atom. The van der Waals surface area contributed by atoms with Gasteiger partial charge in [0.15, 0.2) is 4.90 Å². The lowest BCUT2D eigenvalue weighted by atomic mass is 9.81. The van der Waals surface area contributed by atoms with Gasteiger partial charge in [-0.15, -0.1) is 0 Å². The molecule has 0 radical (unpaired) electrons. The lowest BCUT2D eigenvalue weighted by Crippen LogP contribution is -2.57. The van der Waals surface area contributed by atoms with E-state index >= 15 is 0 Å². The summed E-state index contributed by atoms with van der Waals surface area (Å²) < 4.78 is 28.4. The number of sulfonamides is 1. The first kappa shape index (κ1) is 17.1. The SMILES string of the molecule is O=[N+]([O-])c1ccccc1S(=O)(=O)N1CCc2[nH]cnc2C12CCNCC2. The number of nitrogens with zero attached hydrogens (tertiary/aromatic N) is 3. The third kappa shape index (κ3) is 2.44. The number of rotatable bonds is 3. The molecule has 26 heavy (non-hydrogen) atoms. The predicted octanol–water partition coefficient (Wildman–Crippen LogP) is 1.14. The van der Waals surface area contributed by atoms with Crippen LogP contribution in [0.4, 0.5) is 5.69 Å². The van der Waals surface area contributed by atoms with E-state index in [4.69, 9.17) is 0 Å². The Balaban J connectivity index is 1.88. The van der Waals surface area contributed by atoms with Crippen LogP contribution in [0.2, 0.25) is 0 Å². The smallest absolute Gasteiger partial charge is 0.289 e. The van der Waals surface area contributed by atoms with Crippen molar-refractivity contribution in [3.8, 4) is 0 Å². The van der Waals surface area contributed by atoms with Crippen LogP contribution in [0.25, 0.3) is 0 Å². The van der Waals surface area contributed by atoms with E-state index < -0.39 is 26.2 Å². The van der Waals surface area contributed by atoms with Gasteiger partial charge in [0.25, 0.3) is 15.7 Å². The van der Waals surface area contributed by atoms with Crippen molar-refractivity contribution in [2.45, 2.75) is 29.7 Å². The fourth-order valence-electron chi connectivity index (χ4n) is 4.08. The molecule has 2 N–H and O–H groups in total. The number of hydrogen-bond acceptors (Lipinski definition) is 6. The van der Waals surface area contributed by atoms with Gasteiger partial charge in [0.1, 0.15) is 0 Å². The van der Waals surface area contributed by atoms with Crippen LogP contribution in [0.5, 0.6) is 0 Å². The van der Waals surface area contributed by atoms with E-state index in [-0.39, 0.29) is 11.4 Å². The molecule has 10 heteroatoms. The number of nitrogens with one attached hydrogen (secondary N) is 2. The molecule has 9 nitrogen and oxygen atoms in total. The zero-order chi connectivity index (χ0) is 18.4. The summed E-state index contributed by atoms with van der Waals surface area (Å²) in [6.45, 7) is 1.59. The number of hydrogen-bond donors (Lipinski definition) is 2. The number of nitro benzene ring substituents is 1. The second kappa shape index (κ2) is 6.15. The Morgan fingerprint density at radius 2 is 1.96 bits per heavy atom. The molecule has 1 aromatic carbocycles. The van der Waals surface area contributed by atoms with E-state index in [0.29, 0.717) is 32.4 Å². The lowest BCUT2D eigenvalue weighted by molar-refractivity contribution is -0.387. The highest BCUT2D eigenvalue weighted by Crippen LogP contribution is 2.44. The number of fused-ring (bicyclic) bond motifs is 2. The highest BCUT2D eigenvalue weighted by molar-refractivity contribution is 7.89. The van der Waals surface area contributed by atoms with Crippen molar-refractivity contribution >= 4 is 15.7 Å². The molecule has 138 valence electrons. The average Bonchev–Trinajstić information content (AvgIpc) is 3.12. The van der Waals surface area contributed by atoms with Crippen molar-refractivity contribution in [1.29, 1.82) is 0 Å². The maximum atomic E-state index is 13.5. The van der Waals surface area contributed by atoms with E-state index in [2.05, 4.69) is 15.3 Å². The number of benzene rings is 1. The predicted molar refractivity (Wildman–Crippen MR) is 93.1 cm³/mol. The van der Waals surface area contributed by atoms with Crippen molar-refractivity contribution in [2.75, 3.05) is 19.6 Å². The summed E-state index contributed by atoms with van der Waals surface area (Å²) in [5.41, 5.74) is 0.513. The van der Waals surface area contributed by atoms with Crippen LogP contribution >= 0.6 is 0 Å². The maximum absolute atomic E-state index is 13.5. The molecule has 4 rings (SSSR count). The third-order valence-corrected chi connectivity index (χ3v) is 7.28. The van der Waals surface area contributed by atoms with Gasteiger partial charge in [-0.2, -0.15) is 4.31 Å². The Bertz CT molecular complexity index is 949. The van der Waals surface area contributed by atoms with Crippen LogP contribution in [0.3, 0.4) is 0 Å². The van der Waals surface area contributed by atoms with Crippen LogP contribution in [0, 0.1) is 10.1 Å². The Kier molecular flexibility index (Phi) is 4.05. The minimum atomic E-state index is -4.06. The van der Waals surface area contributed by atoms with Gasteiger partial charge in [-0.1, -0.05) is 12.1 Å². The van der Waals surface area contributed by atoms with Gasteiger partial charge in [-0.3, -0.25) is 10.1 Å². The first-order valence-corrected chi connectivity index (χ1v) is 9.90. The first-order valence-electron chi connectivity index (χ1n) is 8.46. The van der Waals surface area contributed by atoms with Crippen LogP contribution < -0.4 is 5.32 Å². The molecule has 0 atom stereocenters. The Hall–Kier alpha value is -2.30. The van der Waals surface area contributed by atoms with Gasteiger partial charge >= 0.3 is 0 Å². The molecule has 2 aromatic rings. The number of H-pyrrole nitrogens is 1. The minimum absolute atomic E-state index is 0.262. The van der Waals surface area contributed by atoms with Crippen molar-refractivity contribution in [1.82, 2.24) is 19.6 Å². The average molecular weight is 377 g/mol. The minimum Gasteiger partial charge on any atom is -0.348 e. The molecule has 1 saturated heterocycles. The van der Waals surface area contributed by atoms with Crippen LogP contribution in [-0.4, -0.2) is 47.2 Å². The summed E-state index contributed by atoms with van der Waals surface area (Å²) in [6.07, 6.45) is 3.25. The van der Waals surface area contributed by atoms with Crippen LogP contribution in [-0.2, 0) is 22.0 Å². The summed E-state index contributed by atoms with van der Waals surface area (Å²) in [4.78, 5) is 18.0. The molecular formula is C16H19N5O4S. The quantitative estimate of drug-likeness (QED) is 0.611. The molecule has 0 saturated carbocycles. The third-order valence-electron chi connectivity index (χ3n) is 5.26. The number of aromatic amines is 1. The monoisotopic (exact) mass is 377 g/mol. The summed E-state index contributed by atoms with van der Waals surface area (Å²) in [7, 11) is -4.06. The molecule has 1 spiro atoms. The van der Waals surface area contributed by atoms with Crippen molar-refractivity contribution in [3.63, 3.8) is 0 Å². The second-order valence-electron chi connectivity index (χ2n) is 6.56. The number of aromatic nitrogens is 2. The van der Waals surface area contributed by atoms with Gasteiger partial charge in [0, 0.05) is 24.7 Å². The van der Waals surface area contributed by atoms with Crippen molar-refractivity contribution in [3.05, 3.63) is 52.1 Å². The molecule has 1 aromatic heterocycles. The molecule has 1 fully saturated rings. The molecule has 0 aliphatic carbocycles. The molecule has 0 bridgehead atoms. The second-order valence-corrected chi connectivity index (χ2v) is 8.39. The molecule has 0 unspecified atom stereocenters. The van der Waals surface area contributed by atoms with Crippen molar-refractivity contribution < 1.29 is 13.3 Å². The largest absolute Gasteiger partial charge is 0.348 e. The summed E-state index contributed by atoms with van der Waals surface area (Å²) in [6, 6.07) is 5.52. The normalized spacial score (nSPS) is 20.0. The fraction of sp³-hybridized carbons (Fsp3) is 0.438. The number of piperidine rings is 1. The maximum Gasteiger partial charge on any atom is 0.289 e. The summed E-state index contributed by atoms with van der Waals surface area (Å²) in [5.74, 6) is 0. The van der Waals surface area contributed by atoms with Gasteiger partial charge in [-0.05, 0) is 32.0 Å². The molecule has 2 aliphatic rings. The number of imidazole rings is 1. The van der Waals surface area contributed by atoms with Gasteiger partial charge in [0.05, 0.1) is 22.5 Å². The first-order chi connectivity index (χ1) is 12.5. The molecule has 2 aliphatic heterocycles. The standard InChI is InChI=1S/C16H19N5O4S/c22-21(23)13-3-1-2-4-14(13)26(24,25)20-10-5-12-15(19-11-18-12)16(20)6-8-17-9-7-16/h1-4,11,17H,5-10H2,(H,18,19). The molecular weight excluding hydrogens is 358 g/mol. The topological polar surface area (TPSA) is 121 Å². The van der Waals surface area contributed by atoms with E-state index in [0.717, 1.165) is 11.4 Å². The number of nitro groups is 1. The zero-order valence-corrected chi connectivity index (χ0v) is 14.8. The lowest BCUT2D eigenvalue weighted by Gasteiger charge is -2.47. The van der Waals surface area contributed by atoms with E-state index in [1.807, 2.05) is 0 Å². The van der Waals surface area contributed by atoms with Crippen LogP contribution in [0.1, 0.15) is 24.2 Å². The van der Waals surface area contributed by atoms with Gasteiger partial charge in [-0.25, -0.2) is 13.4 Å². The Labute approximate surface area is 150 Å². The van der Waals surface area contributed by atoms with Crippen molar-refractivity contribution in [2.24, 2.45) is 0 Å². The summed E-state index contributed by atoms with van der Waals surface area (Å²) in [5, 5.41) is 14.6. The zero-order valence-electron chi connectivity index (χ0n) is 14.0. The van der Waals surface area contributed by atoms with Gasteiger partial charge < -0.3 is 10.3 Å². The fourth-order valence-corrected chi connectivity index (χ4v) is 6.04. The highest BCUT2D eigenvalue weighted by Gasteiger charge is 2.51. The molecule has 0 amide bonds. The molecule has 3 heterocycles. The highest BCUT2D eigenvalue weighted by atomic mass is 32.2.